The van der Waals surface area contributed by atoms with E-state index in [1.165, 1.54) is 0 Å². The molecule has 154 valence electrons. The molecule has 1 atom stereocenters. The average molecular weight is 450 g/mol. The third kappa shape index (κ3) is 7.84. The summed E-state index contributed by atoms with van der Waals surface area (Å²) in [5, 5.41) is 3.13. The van der Waals surface area contributed by atoms with Crippen molar-refractivity contribution in [3.8, 4) is 0 Å². The van der Waals surface area contributed by atoms with Crippen LogP contribution >= 0.6 is 48.6 Å². The van der Waals surface area contributed by atoms with E-state index in [0.29, 0.717) is 6.61 Å². The first-order valence-corrected chi connectivity index (χ1v) is 9.05. The van der Waals surface area contributed by atoms with Crippen molar-refractivity contribution >= 4 is 54.5 Å². The third-order valence-electron chi connectivity index (χ3n) is 3.93. The summed E-state index contributed by atoms with van der Waals surface area (Å²) in [5.74, 6) is 0.0265. The van der Waals surface area contributed by atoms with E-state index in [9.17, 15) is 4.79 Å². The molecule has 1 unspecified atom stereocenters. The van der Waals surface area contributed by atoms with Crippen molar-refractivity contribution in [1.82, 2.24) is 14.8 Å². The molecule has 0 radical (unpaired) electrons. The van der Waals surface area contributed by atoms with E-state index in [-0.39, 0.29) is 49.2 Å². The van der Waals surface area contributed by atoms with Gasteiger partial charge in [0.2, 0.25) is 5.91 Å². The number of thiazole rings is 1. The van der Waals surface area contributed by atoms with Crippen LogP contribution in [0.25, 0.3) is 0 Å². The quantitative estimate of drug-likeness (QED) is 0.723. The maximum atomic E-state index is 12.2. The highest BCUT2D eigenvalue weighted by molar-refractivity contribution is 7.09. The van der Waals surface area contributed by atoms with Gasteiger partial charge in [-0.05, 0) is 27.7 Å². The summed E-state index contributed by atoms with van der Waals surface area (Å²) in [6, 6.07) is 0. The Morgan fingerprint density at radius 2 is 1.88 bits per heavy atom. The molecular weight excluding hydrogens is 419 g/mol. The van der Waals surface area contributed by atoms with Crippen LogP contribution in [0, 0.1) is 0 Å². The summed E-state index contributed by atoms with van der Waals surface area (Å²) in [5.41, 5.74) is 6.19. The van der Waals surface area contributed by atoms with Gasteiger partial charge in [0.25, 0.3) is 0 Å². The van der Waals surface area contributed by atoms with E-state index in [2.05, 4.69) is 15.3 Å². The molecule has 1 aliphatic heterocycles. The number of halogens is 3. The average Bonchev–Trinajstić information content (AvgIpc) is 2.95. The molecule has 1 fully saturated rings. The van der Waals surface area contributed by atoms with Crippen LogP contribution in [-0.4, -0.2) is 59.0 Å². The Bertz CT molecular complexity index is 532. The van der Waals surface area contributed by atoms with Crippen LogP contribution < -0.4 is 5.73 Å². The number of aromatic nitrogens is 1. The Labute approximate surface area is 179 Å². The Kier molecular flexibility index (Phi) is 13.3. The predicted octanol–water partition coefficient (Wildman–Crippen LogP) is 2.89. The van der Waals surface area contributed by atoms with Gasteiger partial charge in [-0.1, -0.05) is 0 Å². The number of nitrogens with zero attached hydrogens (tertiary/aromatic N) is 3. The standard InChI is InChI=1S/C16H28N4O2S.3ClH/c1-5-22-12(2)14-18-13(11-23-14)10-19-6-8-20(9-7-19)15(21)16(3,4)17;;;/h11-12H,5-10,17H2,1-4H3;3*1H. The molecule has 2 rings (SSSR count). The third-order valence-corrected chi connectivity index (χ3v) is 4.98. The highest BCUT2D eigenvalue weighted by Crippen LogP contribution is 2.22. The lowest BCUT2D eigenvalue weighted by Crippen LogP contribution is -2.56. The maximum absolute atomic E-state index is 12.2. The van der Waals surface area contributed by atoms with Gasteiger partial charge in [0, 0.05) is 44.7 Å². The van der Waals surface area contributed by atoms with Crippen LogP contribution in [0.3, 0.4) is 0 Å². The van der Waals surface area contributed by atoms with Crippen LogP contribution in [0.1, 0.15) is 44.5 Å². The number of carbonyl (C=O) groups excluding carboxylic acids is 1. The minimum absolute atomic E-state index is 0. The first-order valence-electron chi connectivity index (χ1n) is 8.17. The zero-order valence-electron chi connectivity index (χ0n) is 15.8. The lowest BCUT2D eigenvalue weighted by atomic mass is 10.0. The summed E-state index contributed by atoms with van der Waals surface area (Å²) in [4.78, 5) is 21.0. The van der Waals surface area contributed by atoms with Crippen LogP contribution in [0.15, 0.2) is 5.38 Å². The van der Waals surface area contributed by atoms with Gasteiger partial charge in [-0.3, -0.25) is 9.69 Å². The van der Waals surface area contributed by atoms with E-state index >= 15 is 0 Å². The van der Waals surface area contributed by atoms with Gasteiger partial charge >= 0.3 is 0 Å². The number of rotatable bonds is 6. The van der Waals surface area contributed by atoms with Crippen LogP contribution in [0.2, 0.25) is 0 Å². The summed E-state index contributed by atoms with van der Waals surface area (Å²) in [7, 11) is 0. The number of piperazine rings is 1. The molecule has 2 heterocycles. The largest absolute Gasteiger partial charge is 0.372 e. The monoisotopic (exact) mass is 448 g/mol. The molecule has 1 aliphatic rings. The number of hydrogen-bond donors (Lipinski definition) is 1. The minimum Gasteiger partial charge on any atom is -0.372 e. The number of ether oxygens (including phenoxy) is 1. The van der Waals surface area contributed by atoms with Crippen molar-refractivity contribution in [3.05, 3.63) is 16.1 Å². The topological polar surface area (TPSA) is 71.7 Å². The normalized spacial score (nSPS) is 16.1. The summed E-state index contributed by atoms with van der Waals surface area (Å²) in [6.45, 7) is 12.2. The fraction of sp³-hybridized carbons (Fsp3) is 0.750. The second kappa shape index (κ2) is 12.3. The molecule has 0 spiro atoms. The fourth-order valence-electron chi connectivity index (χ4n) is 2.65. The molecule has 1 aromatic rings. The van der Waals surface area contributed by atoms with Gasteiger partial charge in [0.1, 0.15) is 11.1 Å². The van der Waals surface area contributed by atoms with Crippen molar-refractivity contribution in [2.75, 3.05) is 32.8 Å². The molecular formula is C16H31Cl3N4O2S. The van der Waals surface area contributed by atoms with Crippen molar-refractivity contribution in [2.45, 2.75) is 45.9 Å². The number of nitrogens with two attached hydrogens (primary N) is 1. The Hall–Kier alpha value is -0.150. The Morgan fingerprint density at radius 3 is 2.38 bits per heavy atom. The highest BCUT2D eigenvalue weighted by atomic mass is 35.5. The van der Waals surface area contributed by atoms with Gasteiger partial charge in [-0.2, -0.15) is 0 Å². The van der Waals surface area contributed by atoms with Crippen molar-refractivity contribution in [2.24, 2.45) is 5.73 Å². The number of amides is 1. The molecule has 1 saturated heterocycles. The van der Waals surface area contributed by atoms with Gasteiger partial charge in [0.15, 0.2) is 0 Å². The van der Waals surface area contributed by atoms with Gasteiger partial charge in [-0.15, -0.1) is 48.6 Å². The molecule has 6 nitrogen and oxygen atoms in total. The number of carbonyl (C=O) groups is 1. The summed E-state index contributed by atoms with van der Waals surface area (Å²) < 4.78 is 5.58. The predicted molar refractivity (Wildman–Crippen MR) is 114 cm³/mol. The SMILES string of the molecule is CCOC(C)c1nc(CN2CCN(C(=O)C(C)(C)N)CC2)cs1.Cl.Cl.Cl. The zero-order chi connectivity index (χ0) is 17.0. The Balaban J connectivity index is 0. The van der Waals surface area contributed by atoms with Crippen molar-refractivity contribution in [1.29, 1.82) is 0 Å². The molecule has 0 saturated carbocycles. The van der Waals surface area contributed by atoms with Crippen LogP contribution in [0.4, 0.5) is 0 Å². The zero-order valence-corrected chi connectivity index (χ0v) is 19.0. The van der Waals surface area contributed by atoms with Crippen LogP contribution in [-0.2, 0) is 16.1 Å². The lowest BCUT2D eigenvalue weighted by Gasteiger charge is -2.37. The van der Waals surface area contributed by atoms with E-state index in [4.69, 9.17) is 10.5 Å². The molecule has 10 heteroatoms. The highest BCUT2D eigenvalue weighted by Gasteiger charge is 2.30. The molecule has 1 amide bonds. The molecule has 0 aromatic carbocycles. The second-order valence-corrected chi connectivity index (χ2v) is 7.45. The van der Waals surface area contributed by atoms with Gasteiger partial charge < -0.3 is 15.4 Å². The van der Waals surface area contributed by atoms with Crippen molar-refractivity contribution in [3.63, 3.8) is 0 Å². The van der Waals surface area contributed by atoms with Crippen molar-refractivity contribution < 1.29 is 9.53 Å². The lowest BCUT2D eigenvalue weighted by molar-refractivity contribution is -0.137. The molecule has 1 aromatic heterocycles. The van der Waals surface area contributed by atoms with Gasteiger partial charge in [0.05, 0.1) is 11.2 Å². The minimum atomic E-state index is -0.790. The second-order valence-electron chi connectivity index (χ2n) is 6.56. The maximum Gasteiger partial charge on any atom is 0.242 e. The van der Waals surface area contributed by atoms with E-state index < -0.39 is 5.54 Å². The molecule has 0 bridgehead atoms. The smallest absolute Gasteiger partial charge is 0.242 e. The summed E-state index contributed by atoms with van der Waals surface area (Å²) >= 11 is 1.65. The Morgan fingerprint density at radius 1 is 1.31 bits per heavy atom. The summed E-state index contributed by atoms with van der Waals surface area (Å²) in [6.07, 6.45) is 0.0556. The molecule has 2 N–H and O–H groups in total. The van der Waals surface area contributed by atoms with E-state index in [1.54, 1.807) is 25.2 Å². The van der Waals surface area contributed by atoms with E-state index in [1.807, 2.05) is 18.7 Å². The van der Waals surface area contributed by atoms with Gasteiger partial charge in [-0.25, -0.2) is 4.98 Å². The first-order chi connectivity index (χ1) is 10.8. The molecule has 0 aliphatic carbocycles. The number of hydrogen-bond acceptors (Lipinski definition) is 6. The van der Waals surface area contributed by atoms with Crippen LogP contribution in [0.5, 0.6) is 0 Å². The van der Waals surface area contributed by atoms with E-state index in [0.717, 1.165) is 43.4 Å². The first kappa shape index (κ1) is 28.1. The fourth-order valence-corrected chi connectivity index (χ4v) is 3.46. The molecule has 26 heavy (non-hydrogen) atoms.